The minimum absolute atomic E-state index is 0.00412. The molecule has 1 aliphatic carbocycles. The van der Waals surface area contributed by atoms with Crippen LogP contribution in [0.15, 0.2) is 6.07 Å². The van der Waals surface area contributed by atoms with Gasteiger partial charge in [0, 0.05) is 6.04 Å². The maximum atomic E-state index is 12.3. The molecule has 0 aromatic carbocycles. The maximum Gasteiger partial charge on any atom is 0.390 e. The van der Waals surface area contributed by atoms with Gasteiger partial charge in [0.1, 0.15) is 0 Å². The van der Waals surface area contributed by atoms with Crippen molar-refractivity contribution in [3.63, 3.8) is 0 Å². The number of hydrogen-bond donors (Lipinski definition) is 1. The molecule has 1 aliphatic rings. The van der Waals surface area contributed by atoms with Crippen molar-refractivity contribution < 1.29 is 9.72 Å². The van der Waals surface area contributed by atoms with Gasteiger partial charge < -0.3 is 15.4 Å². The zero-order chi connectivity index (χ0) is 16.1. The smallest absolute Gasteiger partial charge is 0.358 e. The first-order valence-corrected chi connectivity index (χ1v) is 7.96. The van der Waals surface area contributed by atoms with E-state index in [1.165, 1.54) is 36.4 Å². The quantitative estimate of drug-likeness (QED) is 0.514. The van der Waals surface area contributed by atoms with Crippen LogP contribution in [-0.2, 0) is 11.3 Å². The predicted octanol–water partition coefficient (Wildman–Crippen LogP) is 2.57. The highest BCUT2D eigenvalue weighted by Gasteiger charge is 2.22. The van der Waals surface area contributed by atoms with Crippen molar-refractivity contribution in [3.8, 4) is 0 Å². The molecule has 2 rings (SSSR count). The standard InChI is InChI=1S/C15H24N4O3/c1-11(10-18-12(2)9-14(17-18)19(21)22)15(20)16-13-7-5-3-4-6-8-13/h9,11,13H,3-8,10H2,1-2H3,(H,16,20)/t11-/m0/s1. The van der Waals surface area contributed by atoms with Gasteiger partial charge in [0.2, 0.25) is 5.91 Å². The zero-order valence-corrected chi connectivity index (χ0v) is 13.2. The lowest BCUT2D eigenvalue weighted by molar-refractivity contribution is -0.389. The molecule has 0 radical (unpaired) electrons. The van der Waals surface area contributed by atoms with Gasteiger partial charge >= 0.3 is 5.82 Å². The summed E-state index contributed by atoms with van der Waals surface area (Å²) in [7, 11) is 0. The normalized spacial score (nSPS) is 17.7. The van der Waals surface area contributed by atoms with Gasteiger partial charge in [-0.15, -0.1) is 0 Å². The van der Waals surface area contributed by atoms with E-state index in [0.717, 1.165) is 12.8 Å². The fraction of sp³-hybridized carbons (Fsp3) is 0.733. The minimum atomic E-state index is -0.514. The van der Waals surface area contributed by atoms with Crippen LogP contribution in [0.25, 0.3) is 0 Å². The van der Waals surface area contributed by atoms with E-state index in [1.54, 1.807) is 6.92 Å². The molecule has 1 fully saturated rings. The molecule has 7 nitrogen and oxygen atoms in total. The average molecular weight is 308 g/mol. The molecule has 7 heteroatoms. The van der Waals surface area contributed by atoms with Crippen LogP contribution in [0.3, 0.4) is 0 Å². The SMILES string of the molecule is Cc1cc([N+](=O)[O-])nn1C[C@H](C)C(=O)NC1CCCCCC1. The Balaban J connectivity index is 1.91. The molecule has 1 heterocycles. The van der Waals surface area contributed by atoms with Gasteiger partial charge in [0.25, 0.3) is 0 Å². The summed E-state index contributed by atoms with van der Waals surface area (Å²) in [6.07, 6.45) is 6.93. The third-order valence-corrected chi connectivity index (χ3v) is 4.25. The number of hydrogen-bond acceptors (Lipinski definition) is 4. The van der Waals surface area contributed by atoms with E-state index in [1.807, 2.05) is 6.92 Å². The second-order valence-corrected chi connectivity index (χ2v) is 6.18. The number of rotatable bonds is 5. The molecule has 122 valence electrons. The van der Waals surface area contributed by atoms with E-state index in [4.69, 9.17) is 0 Å². The van der Waals surface area contributed by atoms with Gasteiger partial charge in [-0.3, -0.25) is 4.79 Å². The first kappa shape index (κ1) is 16.5. The number of amides is 1. The summed E-state index contributed by atoms with van der Waals surface area (Å²) < 4.78 is 1.54. The van der Waals surface area contributed by atoms with E-state index >= 15 is 0 Å². The van der Waals surface area contributed by atoms with E-state index in [-0.39, 0.29) is 23.7 Å². The van der Waals surface area contributed by atoms with Gasteiger partial charge in [-0.1, -0.05) is 32.6 Å². The number of carbonyl (C=O) groups is 1. The second kappa shape index (κ2) is 7.38. The Labute approximate surface area is 130 Å². The van der Waals surface area contributed by atoms with Gasteiger partial charge in [-0.05, 0) is 24.7 Å². The average Bonchev–Trinajstić information content (AvgIpc) is 2.68. The number of nitrogens with one attached hydrogen (secondary N) is 1. The summed E-state index contributed by atoms with van der Waals surface area (Å²) >= 11 is 0. The Morgan fingerprint density at radius 3 is 2.64 bits per heavy atom. The molecule has 1 N–H and O–H groups in total. The van der Waals surface area contributed by atoms with E-state index in [0.29, 0.717) is 12.2 Å². The number of nitro groups is 1. The van der Waals surface area contributed by atoms with E-state index in [2.05, 4.69) is 10.4 Å². The minimum Gasteiger partial charge on any atom is -0.358 e. The summed E-state index contributed by atoms with van der Waals surface area (Å²) in [6, 6.07) is 1.70. The Hall–Kier alpha value is -1.92. The molecular weight excluding hydrogens is 284 g/mol. The Morgan fingerprint density at radius 1 is 1.45 bits per heavy atom. The highest BCUT2D eigenvalue weighted by molar-refractivity contribution is 5.78. The Morgan fingerprint density at radius 2 is 2.09 bits per heavy atom. The number of nitrogens with zero attached hydrogens (tertiary/aromatic N) is 3. The van der Waals surface area contributed by atoms with Crippen molar-refractivity contribution in [2.45, 2.75) is 65.0 Å². The van der Waals surface area contributed by atoms with Crippen molar-refractivity contribution in [1.82, 2.24) is 15.1 Å². The molecule has 0 spiro atoms. The van der Waals surface area contributed by atoms with Crippen LogP contribution < -0.4 is 5.32 Å². The fourth-order valence-corrected chi connectivity index (χ4v) is 2.88. The van der Waals surface area contributed by atoms with Crippen molar-refractivity contribution in [2.75, 3.05) is 0 Å². The second-order valence-electron chi connectivity index (χ2n) is 6.18. The summed E-state index contributed by atoms with van der Waals surface area (Å²) in [6.45, 7) is 3.95. The largest absolute Gasteiger partial charge is 0.390 e. The van der Waals surface area contributed by atoms with Crippen LogP contribution in [0.1, 0.15) is 51.1 Å². The molecule has 1 atom stereocenters. The number of aromatic nitrogens is 2. The van der Waals surface area contributed by atoms with Gasteiger partial charge in [-0.2, -0.15) is 4.68 Å². The van der Waals surface area contributed by atoms with Crippen molar-refractivity contribution >= 4 is 11.7 Å². The summed E-state index contributed by atoms with van der Waals surface area (Å²) in [4.78, 5) is 22.5. The van der Waals surface area contributed by atoms with Gasteiger partial charge in [0.05, 0.1) is 29.3 Å². The van der Waals surface area contributed by atoms with Crippen molar-refractivity contribution in [1.29, 1.82) is 0 Å². The molecule has 22 heavy (non-hydrogen) atoms. The molecule has 0 aliphatic heterocycles. The molecule has 0 bridgehead atoms. The molecule has 1 aromatic heterocycles. The Kier molecular flexibility index (Phi) is 5.51. The first-order valence-electron chi connectivity index (χ1n) is 7.96. The molecule has 1 aromatic rings. The molecule has 0 saturated heterocycles. The maximum absolute atomic E-state index is 12.3. The van der Waals surface area contributed by atoms with E-state index in [9.17, 15) is 14.9 Å². The van der Waals surface area contributed by atoms with Crippen LogP contribution >= 0.6 is 0 Å². The van der Waals surface area contributed by atoms with Crippen LogP contribution in [-0.4, -0.2) is 26.7 Å². The third kappa shape index (κ3) is 4.29. The summed E-state index contributed by atoms with van der Waals surface area (Å²) in [5.74, 6) is -0.431. The highest BCUT2D eigenvalue weighted by atomic mass is 16.6. The summed E-state index contributed by atoms with van der Waals surface area (Å²) in [5, 5.41) is 17.8. The van der Waals surface area contributed by atoms with Crippen molar-refractivity contribution in [3.05, 3.63) is 21.9 Å². The lowest BCUT2D eigenvalue weighted by atomic mass is 10.1. The van der Waals surface area contributed by atoms with Gasteiger partial charge in [0.15, 0.2) is 0 Å². The molecular formula is C15H24N4O3. The van der Waals surface area contributed by atoms with Crippen molar-refractivity contribution in [2.24, 2.45) is 5.92 Å². The zero-order valence-electron chi connectivity index (χ0n) is 13.2. The van der Waals surface area contributed by atoms with Crippen LogP contribution in [0, 0.1) is 23.0 Å². The highest BCUT2D eigenvalue weighted by Crippen LogP contribution is 2.18. The monoisotopic (exact) mass is 308 g/mol. The lowest BCUT2D eigenvalue weighted by Gasteiger charge is -2.19. The number of carbonyl (C=O) groups excluding carboxylic acids is 1. The van der Waals surface area contributed by atoms with Crippen LogP contribution in [0.2, 0.25) is 0 Å². The summed E-state index contributed by atoms with van der Waals surface area (Å²) in [5.41, 5.74) is 0.695. The molecule has 0 unspecified atom stereocenters. The molecule has 1 saturated carbocycles. The Bertz CT molecular complexity index is 533. The first-order chi connectivity index (χ1) is 10.5. The molecule has 1 amide bonds. The fourth-order valence-electron chi connectivity index (χ4n) is 2.88. The predicted molar refractivity (Wildman–Crippen MR) is 82.4 cm³/mol. The van der Waals surface area contributed by atoms with Gasteiger partial charge in [-0.25, -0.2) is 0 Å². The van der Waals surface area contributed by atoms with Crippen LogP contribution in [0.5, 0.6) is 0 Å². The number of aryl methyl sites for hydroxylation is 1. The lowest BCUT2D eigenvalue weighted by Crippen LogP contribution is -2.39. The topological polar surface area (TPSA) is 90.1 Å². The van der Waals surface area contributed by atoms with E-state index < -0.39 is 4.92 Å². The third-order valence-electron chi connectivity index (χ3n) is 4.25. The van der Waals surface area contributed by atoms with Crippen LogP contribution in [0.4, 0.5) is 5.82 Å².